The van der Waals surface area contributed by atoms with E-state index in [2.05, 4.69) is 11.4 Å². The van der Waals surface area contributed by atoms with E-state index in [0.717, 1.165) is 29.4 Å². The largest absolute Gasteiger partial charge is 0.347 e. The summed E-state index contributed by atoms with van der Waals surface area (Å²) in [7, 11) is -3.63. The minimum Gasteiger partial charge on any atom is -0.347 e. The number of sulfonamides is 1. The van der Waals surface area contributed by atoms with Gasteiger partial charge in [0.1, 0.15) is 6.04 Å². The van der Waals surface area contributed by atoms with Crippen LogP contribution in [0.15, 0.2) is 42.5 Å². The van der Waals surface area contributed by atoms with Crippen molar-refractivity contribution in [3.63, 3.8) is 0 Å². The van der Waals surface area contributed by atoms with Crippen molar-refractivity contribution in [2.45, 2.75) is 59.5 Å². The van der Waals surface area contributed by atoms with E-state index >= 15 is 0 Å². The quantitative estimate of drug-likeness (QED) is 0.698. The van der Waals surface area contributed by atoms with Crippen molar-refractivity contribution in [1.29, 1.82) is 0 Å². The average molecular weight is 417 g/mol. The van der Waals surface area contributed by atoms with Crippen LogP contribution < -0.4 is 9.62 Å². The maximum Gasteiger partial charge on any atom is 0.244 e. The first kappa shape index (κ1) is 22.9. The molecule has 0 fully saturated rings. The molecule has 1 amide bonds. The number of rotatable bonds is 8. The van der Waals surface area contributed by atoms with Crippen LogP contribution >= 0.6 is 0 Å². The highest BCUT2D eigenvalue weighted by molar-refractivity contribution is 7.92. The van der Waals surface area contributed by atoms with Gasteiger partial charge in [0.15, 0.2) is 0 Å². The summed E-state index contributed by atoms with van der Waals surface area (Å²) in [6, 6.07) is 12.4. The highest BCUT2D eigenvalue weighted by Crippen LogP contribution is 2.25. The zero-order chi connectivity index (χ0) is 21.8. The van der Waals surface area contributed by atoms with Crippen molar-refractivity contribution in [2.75, 3.05) is 10.6 Å². The Hall–Kier alpha value is -2.34. The summed E-state index contributed by atoms with van der Waals surface area (Å²) in [4.78, 5) is 13.0. The Morgan fingerprint density at radius 1 is 1.07 bits per heavy atom. The maximum atomic E-state index is 13.0. The highest BCUT2D eigenvalue weighted by Gasteiger charge is 2.30. The molecular weight excluding hydrogens is 384 g/mol. The molecule has 0 unspecified atom stereocenters. The zero-order valence-corrected chi connectivity index (χ0v) is 19.0. The van der Waals surface area contributed by atoms with Gasteiger partial charge < -0.3 is 5.32 Å². The van der Waals surface area contributed by atoms with Gasteiger partial charge in [0, 0.05) is 0 Å². The zero-order valence-electron chi connectivity index (χ0n) is 18.2. The van der Waals surface area contributed by atoms with Crippen LogP contribution in [-0.2, 0) is 21.2 Å². The van der Waals surface area contributed by atoms with E-state index in [-0.39, 0.29) is 11.9 Å². The van der Waals surface area contributed by atoms with E-state index in [1.165, 1.54) is 9.87 Å². The number of carbonyl (C=O) groups excluding carboxylic acids is 1. The minimum atomic E-state index is -3.63. The van der Waals surface area contributed by atoms with E-state index < -0.39 is 16.1 Å². The fourth-order valence-corrected chi connectivity index (χ4v) is 4.77. The lowest BCUT2D eigenvalue weighted by atomic mass is 9.97. The van der Waals surface area contributed by atoms with E-state index in [9.17, 15) is 13.2 Å². The molecule has 2 atom stereocenters. The first-order chi connectivity index (χ1) is 13.6. The van der Waals surface area contributed by atoms with E-state index in [1.807, 2.05) is 52.0 Å². The Balaban J connectivity index is 2.30. The molecule has 0 aromatic heterocycles. The molecule has 0 bridgehead atoms. The lowest BCUT2D eigenvalue weighted by molar-refractivity contribution is -0.122. The lowest BCUT2D eigenvalue weighted by Crippen LogP contribution is -2.48. The van der Waals surface area contributed by atoms with Gasteiger partial charge in [0.05, 0.1) is 18.0 Å². The number of hydrogen-bond donors (Lipinski definition) is 1. The molecule has 0 aliphatic carbocycles. The van der Waals surface area contributed by atoms with Gasteiger partial charge in [-0.3, -0.25) is 9.10 Å². The summed E-state index contributed by atoms with van der Waals surface area (Å²) in [6.07, 6.45) is 2.71. The molecule has 2 aromatic carbocycles. The van der Waals surface area contributed by atoms with Crippen molar-refractivity contribution < 1.29 is 13.2 Å². The summed E-state index contributed by atoms with van der Waals surface area (Å²) < 4.78 is 26.2. The molecule has 158 valence electrons. The second-order valence-corrected chi connectivity index (χ2v) is 9.44. The van der Waals surface area contributed by atoms with Crippen LogP contribution in [0.2, 0.25) is 0 Å². The Morgan fingerprint density at radius 2 is 1.69 bits per heavy atom. The fourth-order valence-electron chi connectivity index (χ4n) is 3.60. The third-order valence-corrected chi connectivity index (χ3v) is 6.45. The summed E-state index contributed by atoms with van der Waals surface area (Å²) >= 11 is 0. The van der Waals surface area contributed by atoms with Crippen LogP contribution in [0.25, 0.3) is 0 Å². The van der Waals surface area contributed by atoms with Crippen LogP contribution in [0, 0.1) is 13.8 Å². The molecule has 0 aliphatic rings. The van der Waals surface area contributed by atoms with Crippen LogP contribution in [0.1, 0.15) is 55.5 Å². The van der Waals surface area contributed by atoms with Gasteiger partial charge in [-0.2, -0.15) is 0 Å². The molecule has 0 radical (unpaired) electrons. The Kier molecular flexibility index (Phi) is 7.47. The second kappa shape index (κ2) is 9.44. The van der Waals surface area contributed by atoms with Gasteiger partial charge in [0.25, 0.3) is 0 Å². The number of hydrogen-bond acceptors (Lipinski definition) is 3. The van der Waals surface area contributed by atoms with E-state index in [4.69, 9.17) is 0 Å². The molecule has 0 saturated heterocycles. The standard InChI is InChI=1S/C23H32N2O3S/c1-7-19-10-12-20(13-11-19)25(29(6,27)28)18(5)23(26)24-22(8-2)21-14-9-16(3)15-17(21)4/h9-15,18,22H,7-8H2,1-6H3,(H,24,26)/t18-,22-/m1/s1. The third kappa shape index (κ3) is 5.60. The Morgan fingerprint density at radius 3 is 2.17 bits per heavy atom. The molecule has 2 rings (SSSR count). The van der Waals surface area contributed by atoms with Gasteiger partial charge in [-0.1, -0.05) is 49.7 Å². The summed E-state index contributed by atoms with van der Waals surface area (Å²) in [5.41, 5.74) is 4.93. The topological polar surface area (TPSA) is 66.5 Å². The van der Waals surface area contributed by atoms with E-state index in [1.54, 1.807) is 19.1 Å². The Bertz CT molecular complexity index is 953. The van der Waals surface area contributed by atoms with Crippen molar-refractivity contribution in [2.24, 2.45) is 0 Å². The molecule has 0 aliphatic heterocycles. The molecule has 0 spiro atoms. The average Bonchev–Trinajstić information content (AvgIpc) is 2.66. The number of anilines is 1. The normalized spacial score (nSPS) is 13.6. The highest BCUT2D eigenvalue weighted by atomic mass is 32.2. The molecule has 0 heterocycles. The van der Waals surface area contributed by atoms with Gasteiger partial charge in [-0.25, -0.2) is 8.42 Å². The third-order valence-electron chi connectivity index (χ3n) is 5.21. The van der Waals surface area contributed by atoms with Gasteiger partial charge in [-0.05, 0) is 62.4 Å². The van der Waals surface area contributed by atoms with Crippen molar-refractivity contribution in [1.82, 2.24) is 5.32 Å². The van der Waals surface area contributed by atoms with Crippen molar-refractivity contribution >= 4 is 21.6 Å². The SMILES string of the molecule is CCc1ccc(N([C@H](C)C(=O)N[C@H](CC)c2ccc(C)cc2C)S(C)(=O)=O)cc1. The molecule has 1 N–H and O–H groups in total. The predicted molar refractivity (Wildman–Crippen MR) is 120 cm³/mol. The van der Waals surface area contributed by atoms with Crippen LogP contribution in [0.5, 0.6) is 0 Å². The minimum absolute atomic E-state index is 0.172. The number of amides is 1. The molecule has 5 nitrogen and oxygen atoms in total. The molecule has 2 aromatic rings. The van der Waals surface area contributed by atoms with Gasteiger partial charge in [-0.15, -0.1) is 0 Å². The van der Waals surface area contributed by atoms with Gasteiger partial charge >= 0.3 is 0 Å². The molecular formula is C23H32N2O3S. The predicted octanol–water partition coefficient (Wildman–Crippen LogP) is 4.29. The lowest BCUT2D eigenvalue weighted by Gasteiger charge is -2.30. The van der Waals surface area contributed by atoms with Crippen molar-refractivity contribution in [3.8, 4) is 0 Å². The van der Waals surface area contributed by atoms with Gasteiger partial charge in [0.2, 0.25) is 15.9 Å². The number of benzene rings is 2. The number of nitrogens with one attached hydrogen (secondary N) is 1. The molecule has 6 heteroatoms. The summed E-state index contributed by atoms with van der Waals surface area (Å²) in [5, 5.41) is 3.04. The van der Waals surface area contributed by atoms with Crippen LogP contribution in [0.3, 0.4) is 0 Å². The fraction of sp³-hybridized carbons (Fsp3) is 0.435. The van der Waals surface area contributed by atoms with Crippen LogP contribution in [0.4, 0.5) is 5.69 Å². The second-order valence-electron chi connectivity index (χ2n) is 7.58. The molecule has 29 heavy (non-hydrogen) atoms. The Labute approximate surface area is 175 Å². The monoisotopic (exact) mass is 416 g/mol. The summed E-state index contributed by atoms with van der Waals surface area (Å²) in [6.45, 7) is 9.73. The summed E-state index contributed by atoms with van der Waals surface area (Å²) in [5.74, 6) is -0.318. The number of carbonyl (C=O) groups is 1. The molecule has 0 saturated carbocycles. The first-order valence-electron chi connectivity index (χ1n) is 10.0. The number of nitrogens with zero attached hydrogens (tertiary/aromatic N) is 1. The smallest absolute Gasteiger partial charge is 0.244 e. The van der Waals surface area contributed by atoms with Crippen LogP contribution in [-0.4, -0.2) is 26.6 Å². The van der Waals surface area contributed by atoms with E-state index in [0.29, 0.717) is 12.1 Å². The first-order valence-corrected chi connectivity index (χ1v) is 11.9. The number of aryl methyl sites for hydroxylation is 3. The maximum absolute atomic E-state index is 13.0. The van der Waals surface area contributed by atoms with Crippen molar-refractivity contribution in [3.05, 3.63) is 64.7 Å².